The number of carbonyl (C=O) groups is 1. The fourth-order valence-corrected chi connectivity index (χ4v) is 2.94. The van der Waals surface area contributed by atoms with Crippen molar-refractivity contribution in [3.05, 3.63) is 0 Å². The van der Waals surface area contributed by atoms with Crippen molar-refractivity contribution in [3.63, 3.8) is 0 Å². The van der Waals surface area contributed by atoms with E-state index in [4.69, 9.17) is 9.47 Å². The van der Waals surface area contributed by atoms with E-state index < -0.39 is 0 Å². The SMILES string of the molecule is O=C(COc1nsnc1N1CCOCC1)N1CCCC1. The summed E-state index contributed by atoms with van der Waals surface area (Å²) in [5.74, 6) is 1.22. The highest BCUT2D eigenvalue weighted by molar-refractivity contribution is 6.99. The van der Waals surface area contributed by atoms with E-state index in [1.807, 2.05) is 4.90 Å². The number of amides is 1. The molecule has 0 bridgehead atoms. The highest BCUT2D eigenvalue weighted by Crippen LogP contribution is 2.26. The van der Waals surface area contributed by atoms with Gasteiger partial charge < -0.3 is 19.3 Å². The van der Waals surface area contributed by atoms with Crippen LogP contribution in [0.3, 0.4) is 0 Å². The third kappa shape index (κ3) is 3.01. The Bertz CT molecular complexity index is 455. The van der Waals surface area contributed by atoms with Crippen LogP contribution in [0.4, 0.5) is 5.82 Å². The Balaban J connectivity index is 1.57. The minimum absolute atomic E-state index is 0.0310. The summed E-state index contributed by atoms with van der Waals surface area (Å²) < 4.78 is 19.3. The lowest BCUT2D eigenvalue weighted by Crippen LogP contribution is -2.37. The van der Waals surface area contributed by atoms with Crippen LogP contribution < -0.4 is 9.64 Å². The maximum atomic E-state index is 12.0. The Labute approximate surface area is 121 Å². The summed E-state index contributed by atoms with van der Waals surface area (Å²) in [5.41, 5.74) is 0. The molecule has 2 fully saturated rings. The molecule has 3 rings (SSSR count). The molecule has 110 valence electrons. The molecule has 0 aromatic carbocycles. The van der Waals surface area contributed by atoms with Crippen molar-refractivity contribution >= 4 is 23.5 Å². The Hall–Kier alpha value is -1.41. The van der Waals surface area contributed by atoms with E-state index in [9.17, 15) is 4.79 Å². The first-order valence-electron chi connectivity index (χ1n) is 6.90. The van der Waals surface area contributed by atoms with Crippen LogP contribution in [-0.2, 0) is 9.53 Å². The van der Waals surface area contributed by atoms with Crippen molar-refractivity contribution in [1.29, 1.82) is 0 Å². The molecule has 2 aliphatic heterocycles. The van der Waals surface area contributed by atoms with Gasteiger partial charge >= 0.3 is 0 Å². The number of hydrogen-bond acceptors (Lipinski definition) is 7. The average Bonchev–Trinajstić information content (AvgIpc) is 3.17. The first-order valence-corrected chi connectivity index (χ1v) is 7.63. The molecule has 2 aliphatic rings. The van der Waals surface area contributed by atoms with Crippen molar-refractivity contribution in [3.8, 4) is 5.88 Å². The normalized spacial score (nSPS) is 19.4. The number of carbonyl (C=O) groups excluding carboxylic acids is 1. The quantitative estimate of drug-likeness (QED) is 0.800. The second-order valence-corrected chi connectivity index (χ2v) is 5.40. The van der Waals surface area contributed by atoms with Gasteiger partial charge in [0, 0.05) is 26.2 Å². The molecule has 0 radical (unpaired) electrons. The summed E-state index contributed by atoms with van der Waals surface area (Å²) in [5, 5.41) is 0. The molecule has 1 amide bonds. The molecule has 0 spiro atoms. The van der Waals surface area contributed by atoms with E-state index in [1.54, 1.807) is 0 Å². The molecule has 0 atom stereocenters. The zero-order chi connectivity index (χ0) is 13.8. The van der Waals surface area contributed by atoms with Crippen LogP contribution in [-0.4, -0.2) is 65.6 Å². The highest BCUT2D eigenvalue weighted by Gasteiger charge is 2.22. The summed E-state index contributed by atoms with van der Waals surface area (Å²) in [4.78, 5) is 15.9. The van der Waals surface area contributed by atoms with Gasteiger partial charge in [-0.1, -0.05) is 0 Å². The second-order valence-electron chi connectivity index (χ2n) is 4.87. The van der Waals surface area contributed by atoms with Gasteiger partial charge in [0.2, 0.25) is 5.82 Å². The lowest BCUT2D eigenvalue weighted by atomic mass is 10.4. The van der Waals surface area contributed by atoms with Gasteiger partial charge in [0.25, 0.3) is 11.8 Å². The van der Waals surface area contributed by atoms with Crippen LogP contribution in [0.5, 0.6) is 5.88 Å². The van der Waals surface area contributed by atoms with Gasteiger partial charge in [-0.25, -0.2) is 0 Å². The number of morpholine rings is 1. The standard InChI is InChI=1S/C12H18N4O3S/c17-10(15-3-1-2-4-15)9-19-12-11(13-20-14-12)16-5-7-18-8-6-16/h1-9H2. The van der Waals surface area contributed by atoms with Crippen molar-refractivity contribution < 1.29 is 14.3 Å². The largest absolute Gasteiger partial charge is 0.464 e. The Morgan fingerprint density at radius 1 is 1.20 bits per heavy atom. The van der Waals surface area contributed by atoms with E-state index in [0.29, 0.717) is 19.1 Å². The van der Waals surface area contributed by atoms with E-state index >= 15 is 0 Å². The molecule has 7 nitrogen and oxygen atoms in total. The van der Waals surface area contributed by atoms with E-state index in [2.05, 4.69) is 13.6 Å². The summed E-state index contributed by atoms with van der Waals surface area (Å²) >= 11 is 1.11. The van der Waals surface area contributed by atoms with Crippen LogP contribution in [0.1, 0.15) is 12.8 Å². The van der Waals surface area contributed by atoms with Crippen LogP contribution in [0, 0.1) is 0 Å². The molecule has 2 saturated heterocycles. The fourth-order valence-electron chi connectivity index (χ4n) is 2.42. The zero-order valence-electron chi connectivity index (χ0n) is 11.3. The molecule has 8 heteroatoms. The molecule has 3 heterocycles. The topological polar surface area (TPSA) is 67.8 Å². The molecule has 0 saturated carbocycles. The van der Waals surface area contributed by atoms with Crippen LogP contribution in [0.2, 0.25) is 0 Å². The summed E-state index contributed by atoms with van der Waals surface area (Å²) in [7, 11) is 0. The number of rotatable bonds is 4. The van der Waals surface area contributed by atoms with Crippen LogP contribution in [0.25, 0.3) is 0 Å². The zero-order valence-corrected chi connectivity index (χ0v) is 12.1. The van der Waals surface area contributed by atoms with Gasteiger partial charge in [0.1, 0.15) is 0 Å². The third-order valence-electron chi connectivity index (χ3n) is 3.54. The van der Waals surface area contributed by atoms with Gasteiger partial charge in [-0.3, -0.25) is 4.79 Å². The second kappa shape index (κ2) is 6.36. The Morgan fingerprint density at radius 3 is 2.70 bits per heavy atom. The Morgan fingerprint density at radius 2 is 1.95 bits per heavy atom. The first-order chi connectivity index (χ1) is 9.84. The van der Waals surface area contributed by atoms with Gasteiger partial charge in [0.05, 0.1) is 24.9 Å². The summed E-state index contributed by atoms with van der Waals surface area (Å²) in [6, 6.07) is 0. The fraction of sp³-hybridized carbons (Fsp3) is 0.750. The molecule has 20 heavy (non-hydrogen) atoms. The maximum absolute atomic E-state index is 12.0. The van der Waals surface area contributed by atoms with Crippen LogP contribution in [0.15, 0.2) is 0 Å². The smallest absolute Gasteiger partial charge is 0.271 e. The van der Waals surface area contributed by atoms with Crippen molar-refractivity contribution in [2.75, 3.05) is 50.9 Å². The average molecular weight is 298 g/mol. The van der Waals surface area contributed by atoms with Crippen molar-refractivity contribution in [1.82, 2.24) is 13.6 Å². The van der Waals surface area contributed by atoms with E-state index in [0.717, 1.165) is 56.6 Å². The lowest BCUT2D eigenvalue weighted by Gasteiger charge is -2.26. The van der Waals surface area contributed by atoms with Crippen molar-refractivity contribution in [2.45, 2.75) is 12.8 Å². The minimum Gasteiger partial charge on any atom is -0.464 e. The highest BCUT2D eigenvalue weighted by atomic mass is 32.1. The molecule has 0 N–H and O–H groups in total. The molecule has 1 aromatic rings. The number of anilines is 1. The molecular formula is C12H18N4O3S. The van der Waals surface area contributed by atoms with Gasteiger partial charge in [-0.05, 0) is 12.8 Å². The molecular weight excluding hydrogens is 280 g/mol. The van der Waals surface area contributed by atoms with Gasteiger partial charge in [-0.15, -0.1) is 4.37 Å². The molecule has 1 aromatic heterocycles. The summed E-state index contributed by atoms with van der Waals surface area (Å²) in [6.07, 6.45) is 2.17. The van der Waals surface area contributed by atoms with Gasteiger partial charge in [-0.2, -0.15) is 4.37 Å². The minimum atomic E-state index is 0.0310. The van der Waals surface area contributed by atoms with Crippen molar-refractivity contribution in [2.24, 2.45) is 0 Å². The first kappa shape index (κ1) is 13.6. The predicted octanol–water partition coefficient (Wildman–Crippen LogP) is 0.376. The van der Waals surface area contributed by atoms with E-state index in [1.165, 1.54) is 0 Å². The maximum Gasteiger partial charge on any atom is 0.271 e. The monoisotopic (exact) mass is 298 g/mol. The molecule has 0 aliphatic carbocycles. The van der Waals surface area contributed by atoms with Gasteiger partial charge in [0.15, 0.2) is 6.61 Å². The number of aromatic nitrogens is 2. The number of nitrogens with zero attached hydrogens (tertiary/aromatic N) is 4. The summed E-state index contributed by atoms with van der Waals surface area (Å²) in [6.45, 7) is 4.65. The third-order valence-corrected chi connectivity index (χ3v) is 4.05. The number of hydrogen-bond donors (Lipinski definition) is 0. The number of likely N-dealkylation sites (tertiary alicyclic amines) is 1. The van der Waals surface area contributed by atoms with E-state index in [-0.39, 0.29) is 12.5 Å². The Kier molecular flexibility index (Phi) is 4.31. The van der Waals surface area contributed by atoms with Crippen LogP contribution >= 0.6 is 11.7 Å². The number of ether oxygens (including phenoxy) is 2. The predicted molar refractivity (Wildman–Crippen MR) is 74.3 cm³/mol. The molecule has 0 unspecified atom stereocenters. The lowest BCUT2D eigenvalue weighted by molar-refractivity contribution is -0.132.